The van der Waals surface area contributed by atoms with Gasteiger partial charge in [-0.3, -0.25) is 0 Å². The largest absolute Gasteiger partial charge is 0.358 e. The van der Waals surface area contributed by atoms with Crippen LogP contribution in [0.5, 0.6) is 0 Å². The molecule has 0 amide bonds. The molecule has 0 aromatic carbocycles. The van der Waals surface area contributed by atoms with Crippen molar-refractivity contribution in [3.05, 3.63) is 0 Å². The van der Waals surface area contributed by atoms with Gasteiger partial charge in [0.2, 0.25) is 0 Å². The third-order valence-electron chi connectivity index (χ3n) is 0.384. The summed E-state index contributed by atoms with van der Waals surface area (Å²) in [6.45, 7) is 1.05. The fourth-order valence-electron chi connectivity index (χ4n) is 0.0945. The summed E-state index contributed by atoms with van der Waals surface area (Å²) in [5.41, 5.74) is 3.65. The molecule has 0 unspecified atom stereocenters. The van der Waals surface area contributed by atoms with Crippen molar-refractivity contribution in [2.45, 2.75) is 6.42 Å². The van der Waals surface area contributed by atoms with Crippen LogP contribution in [0.25, 0.3) is 0 Å². The summed E-state index contributed by atoms with van der Waals surface area (Å²) >= 11 is 3.27. The lowest BCUT2D eigenvalue weighted by atomic mass is 10.5. The molecular weight excluding hydrogens is 130 g/mol. The standard InChI is InChI=1S/C3H8BrN/c4-2-1-3-5/h1-3,5H2/p+1. The van der Waals surface area contributed by atoms with Crippen LogP contribution in [0.3, 0.4) is 0 Å². The minimum Gasteiger partial charge on any atom is -0.358 e. The Morgan fingerprint density at radius 3 is 2.20 bits per heavy atom. The Morgan fingerprint density at radius 1 is 1.60 bits per heavy atom. The first-order valence-electron chi connectivity index (χ1n) is 1.77. The van der Waals surface area contributed by atoms with Crippen LogP contribution in [0.15, 0.2) is 0 Å². The highest BCUT2D eigenvalue weighted by atomic mass is 79.9. The van der Waals surface area contributed by atoms with Gasteiger partial charge in [0.25, 0.3) is 0 Å². The van der Waals surface area contributed by atoms with Gasteiger partial charge in [0, 0.05) is 11.8 Å². The number of hydrogen-bond donors (Lipinski definition) is 1. The van der Waals surface area contributed by atoms with E-state index in [1.54, 1.807) is 0 Å². The SMILES string of the molecule is [NH3+]CCCBr. The van der Waals surface area contributed by atoms with Crippen LogP contribution < -0.4 is 5.73 Å². The molecule has 0 saturated heterocycles. The lowest BCUT2D eigenvalue weighted by Crippen LogP contribution is -2.50. The van der Waals surface area contributed by atoms with Crippen molar-refractivity contribution >= 4 is 15.9 Å². The molecule has 0 aliphatic heterocycles. The number of hydrogen-bond acceptors (Lipinski definition) is 0. The van der Waals surface area contributed by atoms with E-state index in [0.29, 0.717) is 0 Å². The second-order valence-corrected chi connectivity index (χ2v) is 1.69. The van der Waals surface area contributed by atoms with Crippen molar-refractivity contribution in [1.29, 1.82) is 0 Å². The van der Waals surface area contributed by atoms with Gasteiger partial charge in [0.1, 0.15) is 0 Å². The summed E-state index contributed by atoms with van der Waals surface area (Å²) in [5.74, 6) is 0. The molecule has 0 aromatic heterocycles. The van der Waals surface area contributed by atoms with Gasteiger partial charge in [-0.15, -0.1) is 0 Å². The molecule has 3 N–H and O–H groups in total. The summed E-state index contributed by atoms with van der Waals surface area (Å²) in [7, 11) is 0. The monoisotopic (exact) mass is 138 g/mol. The van der Waals surface area contributed by atoms with Gasteiger partial charge in [0.15, 0.2) is 0 Å². The smallest absolute Gasteiger partial charge is 0.0747 e. The van der Waals surface area contributed by atoms with Crippen LogP contribution >= 0.6 is 15.9 Å². The molecule has 0 aliphatic carbocycles. The lowest BCUT2D eigenvalue weighted by molar-refractivity contribution is -0.367. The van der Waals surface area contributed by atoms with Crippen molar-refractivity contribution in [1.82, 2.24) is 0 Å². The first-order chi connectivity index (χ1) is 2.41. The van der Waals surface area contributed by atoms with E-state index in [1.807, 2.05) is 0 Å². The minimum absolute atomic E-state index is 1.05. The van der Waals surface area contributed by atoms with E-state index < -0.39 is 0 Å². The predicted molar refractivity (Wildman–Crippen MR) is 26.2 cm³/mol. The van der Waals surface area contributed by atoms with Gasteiger partial charge in [-0.2, -0.15) is 0 Å². The zero-order valence-electron chi connectivity index (χ0n) is 3.21. The Morgan fingerprint density at radius 2 is 2.20 bits per heavy atom. The minimum atomic E-state index is 1.05. The quantitative estimate of drug-likeness (QED) is 0.522. The molecule has 0 aromatic rings. The highest BCUT2D eigenvalue weighted by molar-refractivity contribution is 9.09. The second kappa shape index (κ2) is 4.44. The van der Waals surface area contributed by atoms with E-state index in [-0.39, 0.29) is 0 Å². The van der Waals surface area contributed by atoms with E-state index in [2.05, 4.69) is 21.7 Å². The zero-order chi connectivity index (χ0) is 4.12. The molecule has 2 heteroatoms. The highest BCUT2D eigenvalue weighted by Gasteiger charge is 1.72. The molecule has 32 valence electrons. The van der Waals surface area contributed by atoms with E-state index in [9.17, 15) is 0 Å². The van der Waals surface area contributed by atoms with Crippen molar-refractivity contribution in [2.24, 2.45) is 0 Å². The van der Waals surface area contributed by atoms with E-state index in [1.165, 1.54) is 6.42 Å². The number of alkyl halides is 1. The number of quaternary nitrogens is 1. The van der Waals surface area contributed by atoms with Crippen molar-refractivity contribution < 1.29 is 5.73 Å². The molecule has 0 saturated carbocycles. The first kappa shape index (κ1) is 5.44. The molecular formula is C3H9BrN+. The lowest BCUT2D eigenvalue weighted by Gasteiger charge is -1.75. The molecule has 0 heterocycles. The fraction of sp³-hybridized carbons (Fsp3) is 1.00. The van der Waals surface area contributed by atoms with E-state index in [0.717, 1.165) is 11.9 Å². The van der Waals surface area contributed by atoms with E-state index >= 15 is 0 Å². The Labute approximate surface area is 40.7 Å². The van der Waals surface area contributed by atoms with Gasteiger partial charge < -0.3 is 5.73 Å². The van der Waals surface area contributed by atoms with Crippen LogP contribution in [-0.4, -0.2) is 11.9 Å². The summed E-state index contributed by atoms with van der Waals surface area (Å²) in [6.07, 6.45) is 1.19. The van der Waals surface area contributed by atoms with Crippen LogP contribution in [0.1, 0.15) is 6.42 Å². The van der Waals surface area contributed by atoms with Crippen LogP contribution in [0, 0.1) is 0 Å². The third-order valence-corrected chi connectivity index (χ3v) is 0.944. The topological polar surface area (TPSA) is 27.6 Å². The normalized spacial score (nSPS) is 8.40. The summed E-state index contributed by atoms with van der Waals surface area (Å²) in [6, 6.07) is 0. The van der Waals surface area contributed by atoms with Gasteiger partial charge >= 0.3 is 0 Å². The molecule has 0 aliphatic rings. The maximum absolute atomic E-state index is 3.65. The van der Waals surface area contributed by atoms with Crippen LogP contribution in [0.2, 0.25) is 0 Å². The van der Waals surface area contributed by atoms with Gasteiger partial charge in [-0.05, 0) is 0 Å². The van der Waals surface area contributed by atoms with Crippen molar-refractivity contribution in [3.63, 3.8) is 0 Å². The highest BCUT2D eigenvalue weighted by Crippen LogP contribution is 1.79. The molecule has 0 atom stereocenters. The molecule has 5 heavy (non-hydrogen) atoms. The zero-order valence-corrected chi connectivity index (χ0v) is 4.79. The molecule has 0 spiro atoms. The molecule has 0 fully saturated rings. The average molecular weight is 139 g/mol. The fourth-order valence-corrected chi connectivity index (χ4v) is 0.491. The second-order valence-electron chi connectivity index (χ2n) is 0.896. The van der Waals surface area contributed by atoms with E-state index in [4.69, 9.17) is 0 Å². The number of halogens is 1. The third kappa shape index (κ3) is 4.44. The van der Waals surface area contributed by atoms with Crippen LogP contribution in [0.4, 0.5) is 0 Å². The van der Waals surface area contributed by atoms with Gasteiger partial charge in [0.05, 0.1) is 6.54 Å². The summed E-state index contributed by atoms with van der Waals surface area (Å²) < 4.78 is 0. The van der Waals surface area contributed by atoms with Crippen molar-refractivity contribution in [3.8, 4) is 0 Å². The molecule has 0 bridgehead atoms. The Balaban J connectivity index is 2.19. The molecule has 0 radical (unpaired) electrons. The molecule has 1 nitrogen and oxygen atoms in total. The maximum Gasteiger partial charge on any atom is 0.0747 e. The first-order valence-corrected chi connectivity index (χ1v) is 2.89. The van der Waals surface area contributed by atoms with Gasteiger partial charge in [-0.1, -0.05) is 15.9 Å². The Hall–Kier alpha value is 0.440. The molecule has 0 rings (SSSR count). The maximum atomic E-state index is 3.65. The average Bonchev–Trinajstić information content (AvgIpc) is 1.41. The number of rotatable bonds is 2. The Bertz CT molecular complexity index is 14.4. The van der Waals surface area contributed by atoms with Crippen LogP contribution in [-0.2, 0) is 0 Å². The summed E-state index contributed by atoms with van der Waals surface area (Å²) in [5, 5.41) is 1.09. The Kier molecular flexibility index (Phi) is 4.83. The predicted octanol–water partition coefficient (Wildman–Crippen LogP) is 0.0133. The van der Waals surface area contributed by atoms with Gasteiger partial charge in [-0.25, -0.2) is 0 Å². The summed E-state index contributed by atoms with van der Waals surface area (Å²) in [4.78, 5) is 0. The van der Waals surface area contributed by atoms with Crippen molar-refractivity contribution in [2.75, 3.05) is 11.9 Å².